The molecular formula is C10H23NO. The Balaban J connectivity index is 3.63. The van der Waals surface area contributed by atoms with Crippen molar-refractivity contribution in [3.05, 3.63) is 0 Å². The Morgan fingerprint density at radius 1 is 1.17 bits per heavy atom. The third-order valence-electron chi connectivity index (χ3n) is 1.94. The van der Waals surface area contributed by atoms with Crippen LogP contribution in [0.3, 0.4) is 0 Å². The van der Waals surface area contributed by atoms with Gasteiger partial charge in [0.15, 0.2) is 0 Å². The lowest BCUT2D eigenvalue weighted by Gasteiger charge is -2.22. The molecule has 74 valence electrons. The summed E-state index contributed by atoms with van der Waals surface area (Å²) in [5.74, 6) is 1.35. The fourth-order valence-electron chi connectivity index (χ4n) is 1.05. The maximum Gasteiger partial charge on any atom is 0.0618 e. The monoisotopic (exact) mass is 173 g/mol. The lowest BCUT2D eigenvalue weighted by molar-refractivity contribution is 0.145. The van der Waals surface area contributed by atoms with Crippen LogP contribution in [-0.2, 0) is 4.74 Å². The molecule has 0 bridgehead atoms. The zero-order chi connectivity index (χ0) is 9.56. The van der Waals surface area contributed by atoms with Gasteiger partial charge in [-0.25, -0.2) is 0 Å². The van der Waals surface area contributed by atoms with Crippen molar-refractivity contribution < 1.29 is 4.74 Å². The van der Waals surface area contributed by atoms with E-state index in [-0.39, 0.29) is 0 Å². The quantitative estimate of drug-likeness (QED) is 0.662. The van der Waals surface area contributed by atoms with E-state index in [0.717, 1.165) is 13.2 Å². The molecule has 0 heterocycles. The van der Waals surface area contributed by atoms with Crippen molar-refractivity contribution >= 4 is 0 Å². The van der Waals surface area contributed by atoms with Crippen LogP contribution in [0, 0.1) is 11.8 Å². The van der Waals surface area contributed by atoms with E-state index in [9.17, 15) is 0 Å². The second-order valence-corrected chi connectivity index (χ2v) is 4.11. The second kappa shape index (κ2) is 6.44. The van der Waals surface area contributed by atoms with Gasteiger partial charge in [0.05, 0.1) is 6.61 Å². The van der Waals surface area contributed by atoms with Crippen molar-refractivity contribution in [3.63, 3.8) is 0 Å². The van der Waals surface area contributed by atoms with Crippen LogP contribution in [0.2, 0.25) is 0 Å². The van der Waals surface area contributed by atoms with Crippen LogP contribution >= 0.6 is 0 Å². The maximum absolute atomic E-state index is 5.14. The van der Waals surface area contributed by atoms with Crippen molar-refractivity contribution in [1.29, 1.82) is 0 Å². The minimum absolute atomic E-state index is 0.498. The molecule has 1 N–H and O–H groups in total. The summed E-state index contributed by atoms with van der Waals surface area (Å²) in [6, 6.07) is 0.498. The molecule has 0 spiro atoms. The Morgan fingerprint density at radius 3 is 2.08 bits per heavy atom. The van der Waals surface area contributed by atoms with Gasteiger partial charge < -0.3 is 10.1 Å². The first-order valence-corrected chi connectivity index (χ1v) is 4.80. The standard InChI is InChI=1S/C10H23NO/c1-8(2)6-11-10(7-12-5)9(3)4/h8-11H,6-7H2,1-5H3. The van der Waals surface area contributed by atoms with Crippen molar-refractivity contribution in [1.82, 2.24) is 5.32 Å². The first kappa shape index (κ1) is 11.9. The van der Waals surface area contributed by atoms with Gasteiger partial charge in [-0.3, -0.25) is 0 Å². The maximum atomic E-state index is 5.14. The van der Waals surface area contributed by atoms with Crippen molar-refractivity contribution in [2.24, 2.45) is 11.8 Å². The van der Waals surface area contributed by atoms with Crippen LogP contribution in [-0.4, -0.2) is 26.3 Å². The van der Waals surface area contributed by atoms with Crippen LogP contribution in [0.25, 0.3) is 0 Å². The van der Waals surface area contributed by atoms with Gasteiger partial charge in [0, 0.05) is 13.2 Å². The minimum atomic E-state index is 0.498. The molecule has 0 aliphatic heterocycles. The highest BCUT2D eigenvalue weighted by Crippen LogP contribution is 2.02. The first-order valence-electron chi connectivity index (χ1n) is 4.80. The molecule has 0 aromatic carbocycles. The van der Waals surface area contributed by atoms with E-state index in [2.05, 4.69) is 33.0 Å². The molecule has 1 atom stereocenters. The van der Waals surface area contributed by atoms with Gasteiger partial charge in [0.1, 0.15) is 0 Å². The highest BCUT2D eigenvalue weighted by atomic mass is 16.5. The molecule has 0 rings (SSSR count). The van der Waals surface area contributed by atoms with Gasteiger partial charge in [-0.05, 0) is 18.4 Å². The summed E-state index contributed by atoms with van der Waals surface area (Å²) in [4.78, 5) is 0. The Morgan fingerprint density at radius 2 is 1.75 bits per heavy atom. The van der Waals surface area contributed by atoms with Crippen molar-refractivity contribution in [2.45, 2.75) is 33.7 Å². The summed E-state index contributed by atoms with van der Waals surface area (Å²) in [6.45, 7) is 10.8. The molecule has 0 fully saturated rings. The molecule has 0 aliphatic rings. The minimum Gasteiger partial charge on any atom is -0.383 e. The van der Waals surface area contributed by atoms with Crippen molar-refractivity contribution in [3.8, 4) is 0 Å². The van der Waals surface area contributed by atoms with E-state index in [1.807, 2.05) is 0 Å². The molecular weight excluding hydrogens is 150 g/mol. The van der Waals surface area contributed by atoms with E-state index in [4.69, 9.17) is 4.74 Å². The molecule has 2 nitrogen and oxygen atoms in total. The Bertz CT molecular complexity index is 102. The summed E-state index contributed by atoms with van der Waals surface area (Å²) in [6.07, 6.45) is 0. The van der Waals surface area contributed by atoms with Crippen LogP contribution < -0.4 is 5.32 Å². The number of methoxy groups -OCH3 is 1. The largest absolute Gasteiger partial charge is 0.383 e. The first-order chi connectivity index (χ1) is 5.57. The highest BCUT2D eigenvalue weighted by Gasteiger charge is 2.11. The molecule has 2 heteroatoms. The molecule has 0 radical (unpaired) electrons. The topological polar surface area (TPSA) is 21.3 Å². The zero-order valence-corrected chi connectivity index (χ0v) is 9.05. The molecule has 0 aromatic heterocycles. The number of rotatable bonds is 6. The van der Waals surface area contributed by atoms with E-state index in [1.165, 1.54) is 0 Å². The number of ether oxygens (including phenoxy) is 1. The zero-order valence-electron chi connectivity index (χ0n) is 9.05. The van der Waals surface area contributed by atoms with E-state index in [1.54, 1.807) is 7.11 Å². The van der Waals surface area contributed by atoms with Gasteiger partial charge >= 0.3 is 0 Å². The molecule has 0 aliphatic carbocycles. The summed E-state index contributed by atoms with van der Waals surface area (Å²) in [5.41, 5.74) is 0. The van der Waals surface area contributed by atoms with E-state index < -0.39 is 0 Å². The lowest BCUT2D eigenvalue weighted by Crippen LogP contribution is -2.39. The smallest absolute Gasteiger partial charge is 0.0618 e. The fraction of sp³-hybridized carbons (Fsp3) is 1.00. The Kier molecular flexibility index (Phi) is 6.39. The van der Waals surface area contributed by atoms with Crippen LogP contribution in [0.1, 0.15) is 27.7 Å². The molecule has 1 unspecified atom stereocenters. The lowest BCUT2D eigenvalue weighted by atomic mass is 10.0. The van der Waals surface area contributed by atoms with Gasteiger partial charge in [0.25, 0.3) is 0 Å². The SMILES string of the molecule is COCC(NCC(C)C)C(C)C. The molecule has 0 saturated heterocycles. The third-order valence-corrected chi connectivity index (χ3v) is 1.94. The Labute approximate surface area is 76.7 Å². The summed E-state index contributed by atoms with van der Waals surface area (Å²) >= 11 is 0. The van der Waals surface area contributed by atoms with Crippen LogP contribution in [0.4, 0.5) is 0 Å². The average Bonchev–Trinajstić information content (AvgIpc) is 1.96. The molecule has 0 amide bonds. The summed E-state index contributed by atoms with van der Waals surface area (Å²) in [5, 5.41) is 3.49. The number of hydrogen-bond donors (Lipinski definition) is 1. The summed E-state index contributed by atoms with van der Waals surface area (Å²) < 4.78 is 5.14. The van der Waals surface area contributed by atoms with Gasteiger partial charge in [0.2, 0.25) is 0 Å². The molecule has 12 heavy (non-hydrogen) atoms. The normalized spacial score (nSPS) is 14.2. The van der Waals surface area contributed by atoms with E-state index in [0.29, 0.717) is 17.9 Å². The molecule has 0 saturated carbocycles. The van der Waals surface area contributed by atoms with Gasteiger partial charge in [-0.2, -0.15) is 0 Å². The predicted octanol–water partition coefficient (Wildman–Crippen LogP) is 1.90. The number of nitrogens with one attached hydrogen (secondary N) is 1. The van der Waals surface area contributed by atoms with E-state index >= 15 is 0 Å². The van der Waals surface area contributed by atoms with Crippen LogP contribution in [0.5, 0.6) is 0 Å². The number of hydrogen-bond acceptors (Lipinski definition) is 2. The Hall–Kier alpha value is -0.0800. The third kappa shape index (κ3) is 5.56. The second-order valence-electron chi connectivity index (χ2n) is 4.11. The van der Waals surface area contributed by atoms with Crippen LogP contribution in [0.15, 0.2) is 0 Å². The predicted molar refractivity (Wildman–Crippen MR) is 53.3 cm³/mol. The van der Waals surface area contributed by atoms with Gasteiger partial charge in [-0.1, -0.05) is 27.7 Å². The van der Waals surface area contributed by atoms with Crippen molar-refractivity contribution in [2.75, 3.05) is 20.3 Å². The molecule has 0 aromatic rings. The van der Waals surface area contributed by atoms with Gasteiger partial charge in [-0.15, -0.1) is 0 Å². The average molecular weight is 173 g/mol. The highest BCUT2D eigenvalue weighted by molar-refractivity contribution is 4.70. The summed E-state index contributed by atoms with van der Waals surface area (Å²) in [7, 11) is 1.76. The fourth-order valence-corrected chi connectivity index (χ4v) is 1.05.